The molecule has 0 aliphatic heterocycles. The molecular formula is C24H20ClN5O2S. The van der Waals surface area contributed by atoms with E-state index in [0.717, 1.165) is 22.6 Å². The second-order valence-corrected chi connectivity index (χ2v) is 8.35. The van der Waals surface area contributed by atoms with Gasteiger partial charge in [-0.2, -0.15) is 5.10 Å². The molecule has 0 aliphatic carbocycles. The molecule has 2 aromatic carbocycles. The minimum absolute atomic E-state index is 0.124. The minimum Gasteiger partial charge on any atom is -0.465 e. The highest BCUT2D eigenvalue weighted by Gasteiger charge is 2.17. The standard InChI is InChI=1S/C24H20ClN5O2S/c1-17(14-21-8-5-13-32-21)15-26-27-22(31)16-33-24-29-28-23(18-6-3-2-4-7-18)30(24)20-11-9-19(25)10-12-20/h2-15H,16H2,1H3,(H,27,31)/b17-14+,26-15+. The number of aromatic nitrogens is 3. The highest BCUT2D eigenvalue weighted by atomic mass is 35.5. The van der Waals surface area contributed by atoms with Gasteiger partial charge >= 0.3 is 0 Å². The Bertz CT molecular complexity index is 1270. The van der Waals surface area contributed by atoms with Crippen molar-refractivity contribution in [1.29, 1.82) is 0 Å². The van der Waals surface area contributed by atoms with Crippen molar-refractivity contribution in [2.75, 3.05) is 5.75 Å². The van der Waals surface area contributed by atoms with Crippen LogP contribution < -0.4 is 5.43 Å². The Kier molecular flexibility index (Phi) is 7.39. The maximum atomic E-state index is 12.3. The molecule has 0 spiro atoms. The molecule has 0 aliphatic rings. The number of carbonyl (C=O) groups excluding carboxylic acids is 1. The van der Waals surface area contributed by atoms with E-state index < -0.39 is 0 Å². The number of allylic oxidation sites excluding steroid dienone is 1. The van der Waals surface area contributed by atoms with Gasteiger partial charge in [-0.25, -0.2) is 5.43 Å². The zero-order chi connectivity index (χ0) is 23.0. The lowest BCUT2D eigenvalue weighted by molar-refractivity contribution is -0.118. The zero-order valence-corrected chi connectivity index (χ0v) is 19.3. The van der Waals surface area contributed by atoms with E-state index in [0.29, 0.717) is 16.0 Å². The number of thioether (sulfide) groups is 1. The normalized spacial score (nSPS) is 11.8. The number of halogens is 1. The first-order chi connectivity index (χ1) is 16.1. The van der Waals surface area contributed by atoms with E-state index in [1.807, 2.05) is 66.1 Å². The predicted molar refractivity (Wildman–Crippen MR) is 132 cm³/mol. The monoisotopic (exact) mass is 477 g/mol. The van der Waals surface area contributed by atoms with Crippen LogP contribution in [0.25, 0.3) is 23.2 Å². The summed E-state index contributed by atoms with van der Waals surface area (Å²) in [5.41, 5.74) is 5.14. The molecular weight excluding hydrogens is 458 g/mol. The first-order valence-corrected chi connectivity index (χ1v) is 11.4. The highest BCUT2D eigenvalue weighted by molar-refractivity contribution is 7.99. The lowest BCUT2D eigenvalue weighted by atomic mass is 10.2. The van der Waals surface area contributed by atoms with E-state index in [1.54, 1.807) is 30.7 Å². The molecule has 1 N–H and O–H groups in total. The van der Waals surface area contributed by atoms with Gasteiger partial charge in [-0.3, -0.25) is 9.36 Å². The van der Waals surface area contributed by atoms with Crippen LogP contribution >= 0.6 is 23.4 Å². The second-order valence-electron chi connectivity index (χ2n) is 6.97. The third-order valence-corrected chi connectivity index (χ3v) is 5.63. The Morgan fingerprint density at radius 3 is 2.64 bits per heavy atom. The Morgan fingerprint density at radius 1 is 1.12 bits per heavy atom. The highest BCUT2D eigenvalue weighted by Crippen LogP contribution is 2.28. The largest absolute Gasteiger partial charge is 0.465 e. The molecule has 0 radical (unpaired) electrons. The van der Waals surface area contributed by atoms with Gasteiger partial charge in [0.1, 0.15) is 5.76 Å². The Morgan fingerprint density at radius 2 is 1.91 bits per heavy atom. The van der Waals surface area contributed by atoms with Crippen LogP contribution in [0.5, 0.6) is 0 Å². The van der Waals surface area contributed by atoms with Crippen molar-refractivity contribution in [3.8, 4) is 17.1 Å². The van der Waals surface area contributed by atoms with Gasteiger partial charge in [0, 0.05) is 16.3 Å². The van der Waals surface area contributed by atoms with Crippen LogP contribution in [0.2, 0.25) is 5.02 Å². The summed E-state index contributed by atoms with van der Waals surface area (Å²) in [5.74, 6) is 1.27. The number of furan rings is 1. The summed E-state index contributed by atoms with van der Waals surface area (Å²) < 4.78 is 7.16. The van der Waals surface area contributed by atoms with Crippen LogP contribution in [0.15, 0.2) is 93.2 Å². The Labute approximate surface area is 200 Å². The van der Waals surface area contributed by atoms with Crippen LogP contribution in [-0.2, 0) is 4.79 Å². The molecule has 2 heterocycles. The number of carbonyl (C=O) groups is 1. The first-order valence-electron chi connectivity index (χ1n) is 10.0. The van der Waals surface area contributed by atoms with E-state index >= 15 is 0 Å². The smallest absolute Gasteiger partial charge is 0.250 e. The van der Waals surface area contributed by atoms with Crippen molar-refractivity contribution in [1.82, 2.24) is 20.2 Å². The third-order valence-electron chi connectivity index (χ3n) is 4.45. The molecule has 7 nitrogen and oxygen atoms in total. The number of amides is 1. The molecule has 4 rings (SSSR count). The van der Waals surface area contributed by atoms with Gasteiger partial charge < -0.3 is 4.42 Å². The number of hydrogen-bond acceptors (Lipinski definition) is 6. The fourth-order valence-electron chi connectivity index (χ4n) is 2.96. The second kappa shape index (κ2) is 10.8. The summed E-state index contributed by atoms with van der Waals surface area (Å²) in [6.45, 7) is 1.87. The van der Waals surface area contributed by atoms with E-state index in [4.69, 9.17) is 16.0 Å². The van der Waals surface area contributed by atoms with Gasteiger partial charge in [-0.05, 0) is 55.0 Å². The molecule has 33 heavy (non-hydrogen) atoms. The van der Waals surface area contributed by atoms with Crippen molar-refractivity contribution in [3.63, 3.8) is 0 Å². The molecule has 4 aromatic rings. The Hall–Kier alpha value is -3.62. The summed E-state index contributed by atoms with van der Waals surface area (Å²) >= 11 is 7.33. The summed E-state index contributed by atoms with van der Waals surface area (Å²) in [4.78, 5) is 12.3. The zero-order valence-electron chi connectivity index (χ0n) is 17.7. The quantitative estimate of drug-likeness (QED) is 0.206. The maximum Gasteiger partial charge on any atom is 0.250 e. The topological polar surface area (TPSA) is 85.3 Å². The van der Waals surface area contributed by atoms with Gasteiger partial charge in [0.2, 0.25) is 0 Å². The molecule has 9 heteroatoms. The molecule has 2 aromatic heterocycles. The average molecular weight is 478 g/mol. The van der Waals surface area contributed by atoms with Crippen LogP contribution in [-0.4, -0.2) is 32.6 Å². The molecule has 0 bridgehead atoms. The number of hydrazone groups is 1. The SMILES string of the molecule is CC(/C=N/NC(=O)CSc1nnc(-c2ccccc2)n1-c1ccc(Cl)cc1)=C\c1ccco1. The lowest BCUT2D eigenvalue weighted by Gasteiger charge is -2.10. The van der Waals surface area contributed by atoms with Crippen LogP contribution in [0.3, 0.4) is 0 Å². The lowest BCUT2D eigenvalue weighted by Crippen LogP contribution is -2.20. The molecule has 0 fully saturated rings. The van der Waals surface area contributed by atoms with Crippen molar-refractivity contribution < 1.29 is 9.21 Å². The summed E-state index contributed by atoms with van der Waals surface area (Å²) in [5, 5.41) is 13.9. The molecule has 166 valence electrons. The fraction of sp³-hybridized carbons (Fsp3) is 0.0833. The van der Waals surface area contributed by atoms with Gasteiger partial charge in [-0.1, -0.05) is 53.7 Å². The number of nitrogens with zero attached hydrogens (tertiary/aromatic N) is 4. The molecule has 0 saturated heterocycles. The van der Waals surface area contributed by atoms with E-state index in [-0.39, 0.29) is 11.7 Å². The van der Waals surface area contributed by atoms with E-state index in [9.17, 15) is 4.79 Å². The first kappa shape index (κ1) is 22.6. The molecule has 0 saturated carbocycles. The van der Waals surface area contributed by atoms with Crippen LogP contribution in [0, 0.1) is 0 Å². The van der Waals surface area contributed by atoms with Gasteiger partial charge in [0.25, 0.3) is 5.91 Å². The molecule has 0 unspecified atom stereocenters. The number of rotatable bonds is 8. The summed E-state index contributed by atoms with van der Waals surface area (Å²) in [7, 11) is 0. The average Bonchev–Trinajstić information content (AvgIpc) is 3.49. The summed E-state index contributed by atoms with van der Waals surface area (Å²) in [6.07, 6.45) is 4.99. The molecule has 0 atom stereocenters. The summed E-state index contributed by atoms with van der Waals surface area (Å²) in [6, 6.07) is 20.8. The number of nitrogens with one attached hydrogen (secondary N) is 1. The van der Waals surface area contributed by atoms with Gasteiger partial charge in [0.05, 0.1) is 18.2 Å². The third kappa shape index (κ3) is 6.00. The fourth-order valence-corrected chi connectivity index (χ4v) is 3.83. The van der Waals surface area contributed by atoms with Crippen LogP contribution in [0.1, 0.15) is 12.7 Å². The van der Waals surface area contributed by atoms with E-state index in [2.05, 4.69) is 20.7 Å². The Balaban J connectivity index is 1.46. The minimum atomic E-state index is -0.256. The van der Waals surface area contributed by atoms with Gasteiger partial charge in [0.15, 0.2) is 11.0 Å². The number of hydrogen-bond donors (Lipinski definition) is 1. The molecule has 1 amide bonds. The van der Waals surface area contributed by atoms with Crippen molar-refractivity contribution in [2.45, 2.75) is 12.1 Å². The van der Waals surface area contributed by atoms with Crippen molar-refractivity contribution in [2.24, 2.45) is 5.10 Å². The van der Waals surface area contributed by atoms with Gasteiger partial charge in [-0.15, -0.1) is 10.2 Å². The number of benzene rings is 2. The van der Waals surface area contributed by atoms with Crippen molar-refractivity contribution >= 4 is 41.6 Å². The maximum absolute atomic E-state index is 12.3. The predicted octanol–water partition coefficient (Wildman–Crippen LogP) is 5.48. The van der Waals surface area contributed by atoms with E-state index in [1.165, 1.54) is 11.8 Å². The van der Waals surface area contributed by atoms with Crippen molar-refractivity contribution in [3.05, 3.63) is 89.3 Å². The van der Waals surface area contributed by atoms with Crippen LogP contribution in [0.4, 0.5) is 0 Å².